The number of alkyl halides is 2. The zero-order valence-electron chi connectivity index (χ0n) is 11.1. The topological polar surface area (TPSA) is 65.0 Å². The number of methoxy groups -OCH3 is 2. The molecular weight excluding hydrogens is 384 g/mol. The van der Waals surface area contributed by atoms with Crippen molar-refractivity contribution in [1.82, 2.24) is 0 Å². The van der Waals surface area contributed by atoms with Crippen LogP contribution in [0, 0.1) is 5.92 Å². The third-order valence-corrected chi connectivity index (χ3v) is 7.77. The molecule has 2 bridgehead atoms. The summed E-state index contributed by atoms with van der Waals surface area (Å²) in [6, 6.07) is 0. The van der Waals surface area contributed by atoms with Gasteiger partial charge in [-0.15, -0.1) is 0 Å². The van der Waals surface area contributed by atoms with Crippen molar-refractivity contribution in [1.29, 1.82) is 0 Å². The van der Waals surface area contributed by atoms with E-state index < -0.39 is 31.6 Å². The molecule has 3 rings (SSSR count). The van der Waals surface area contributed by atoms with Crippen molar-refractivity contribution in [3.63, 3.8) is 0 Å². The summed E-state index contributed by atoms with van der Waals surface area (Å²) in [7, 11) is 2.93. The second kappa shape index (κ2) is 3.44. The van der Waals surface area contributed by atoms with Crippen molar-refractivity contribution < 1.29 is 24.1 Å². The van der Waals surface area contributed by atoms with E-state index in [2.05, 4.69) is 31.9 Å². The quantitative estimate of drug-likeness (QED) is 0.560. The van der Waals surface area contributed by atoms with Crippen molar-refractivity contribution in [2.45, 2.75) is 46.1 Å². The fourth-order valence-electron chi connectivity index (χ4n) is 4.21. The van der Waals surface area contributed by atoms with E-state index in [1.54, 1.807) is 0 Å². The second-order valence-corrected chi connectivity index (χ2v) is 8.58. The number of aliphatic hydroxyl groups is 1. The minimum absolute atomic E-state index is 0.137. The monoisotopic (exact) mass is 398 g/mol. The van der Waals surface area contributed by atoms with E-state index in [0.29, 0.717) is 6.42 Å². The number of fused-ring (bicyclic) bond motifs is 1. The highest BCUT2D eigenvalue weighted by atomic mass is 79.9. The molecule has 0 amide bonds. The molecule has 0 aromatic rings. The van der Waals surface area contributed by atoms with E-state index in [0.717, 1.165) is 0 Å². The molecule has 108 valence electrons. The summed E-state index contributed by atoms with van der Waals surface area (Å²) in [5, 5.41) is 10.8. The van der Waals surface area contributed by atoms with E-state index in [-0.39, 0.29) is 5.92 Å². The van der Waals surface area contributed by atoms with Crippen molar-refractivity contribution in [2.24, 2.45) is 5.92 Å². The van der Waals surface area contributed by atoms with Crippen molar-refractivity contribution in [2.75, 3.05) is 14.2 Å². The predicted molar refractivity (Wildman–Crippen MR) is 73.3 cm³/mol. The Balaban J connectivity index is 2.34. The lowest BCUT2D eigenvalue weighted by Crippen LogP contribution is -2.59. The van der Waals surface area contributed by atoms with Gasteiger partial charge in [0.05, 0.1) is 5.60 Å². The molecule has 5 nitrogen and oxygen atoms in total. The molecule has 3 aliphatic rings. The zero-order valence-corrected chi connectivity index (χ0v) is 14.3. The zero-order chi connectivity index (χ0) is 14.5. The summed E-state index contributed by atoms with van der Waals surface area (Å²) >= 11 is 7.02. The smallest absolute Gasteiger partial charge is 0.250 e. The minimum Gasteiger partial charge on any atom is -0.358 e. The number of carbonyl (C=O) groups excluding carboxylic acids is 1. The lowest BCUT2D eigenvalue weighted by molar-refractivity contribution is -0.251. The molecule has 2 saturated carbocycles. The number of halogens is 2. The Kier molecular flexibility index (Phi) is 2.61. The molecule has 1 saturated heterocycles. The van der Waals surface area contributed by atoms with Crippen LogP contribution in [0.15, 0.2) is 0 Å². The van der Waals surface area contributed by atoms with Crippen LogP contribution in [0.1, 0.15) is 20.3 Å². The van der Waals surface area contributed by atoms with E-state index in [4.69, 9.17) is 14.2 Å². The number of rotatable bonds is 2. The first-order valence-corrected chi connectivity index (χ1v) is 7.61. The van der Waals surface area contributed by atoms with E-state index in [1.165, 1.54) is 14.2 Å². The van der Waals surface area contributed by atoms with Crippen LogP contribution in [0.4, 0.5) is 0 Å². The first kappa shape index (κ1) is 14.4. The summed E-state index contributed by atoms with van der Waals surface area (Å²) in [5.41, 5.74) is -0.664. The van der Waals surface area contributed by atoms with Crippen molar-refractivity contribution in [3.8, 4) is 0 Å². The third-order valence-electron chi connectivity index (χ3n) is 4.95. The van der Waals surface area contributed by atoms with Gasteiger partial charge in [0.1, 0.15) is 8.65 Å². The summed E-state index contributed by atoms with van der Waals surface area (Å²) < 4.78 is 14.6. The van der Waals surface area contributed by atoms with Gasteiger partial charge in [-0.25, -0.2) is 0 Å². The Hall–Kier alpha value is 0.470. The Bertz CT molecular complexity index is 471. The van der Waals surface area contributed by atoms with Crippen LogP contribution >= 0.6 is 31.9 Å². The highest BCUT2D eigenvalue weighted by Crippen LogP contribution is 2.77. The fourth-order valence-corrected chi connectivity index (χ4v) is 7.34. The van der Waals surface area contributed by atoms with Gasteiger partial charge in [-0.3, -0.25) is 4.79 Å². The number of carbonyl (C=O) groups is 1. The molecule has 1 N–H and O–H groups in total. The standard InChI is InChI=1S/C12H16Br2O5/c1-8(2)6-5-9(13)7(15)11(16,19-8)10(6,14)12(9,17-3)18-4/h6,16H,5H2,1-4H3/t6-,9-,10+,11-/m1/s1. The van der Waals surface area contributed by atoms with Crippen molar-refractivity contribution >= 4 is 37.6 Å². The molecule has 0 aromatic carbocycles. The van der Waals surface area contributed by atoms with Gasteiger partial charge in [-0.05, 0) is 20.3 Å². The summed E-state index contributed by atoms with van der Waals surface area (Å²) in [4.78, 5) is 12.7. The molecule has 7 heteroatoms. The average Bonchev–Trinajstić information content (AvgIpc) is 2.65. The number of ketones is 1. The lowest BCUT2D eigenvalue weighted by atomic mass is 9.78. The van der Waals surface area contributed by atoms with Crippen LogP contribution in [-0.2, 0) is 19.0 Å². The Morgan fingerprint density at radius 2 is 1.84 bits per heavy atom. The second-order valence-electron chi connectivity index (χ2n) is 5.97. The first-order chi connectivity index (χ1) is 8.57. The summed E-state index contributed by atoms with van der Waals surface area (Å²) in [6.07, 6.45) is 0.466. The highest BCUT2D eigenvalue weighted by molar-refractivity contribution is 9.11. The summed E-state index contributed by atoms with van der Waals surface area (Å²) in [5.74, 6) is -3.87. The van der Waals surface area contributed by atoms with Gasteiger partial charge in [0.25, 0.3) is 0 Å². The predicted octanol–water partition coefficient (Wildman–Crippen LogP) is 1.34. The average molecular weight is 400 g/mol. The van der Waals surface area contributed by atoms with E-state index in [1.807, 2.05) is 13.8 Å². The Labute approximate surface area is 128 Å². The molecule has 4 atom stereocenters. The summed E-state index contributed by atoms with van der Waals surface area (Å²) in [6.45, 7) is 3.72. The molecule has 2 aliphatic carbocycles. The maximum Gasteiger partial charge on any atom is 0.250 e. The lowest BCUT2D eigenvalue weighted by Gasteiger charge is -2.40. The number of hydrogen-bond acceptors (Lipinski definition) is 5. The van der Waals surface area contributed by atoms with Gasteiger partial charge >= 0.3 is 0 Å². The Morgan fingerprint density at radius 3 is 2.26 bits per heavy atom. The molecule has 1 heterocycles. The number of ether oxygens (including phenoxy) is 3. The van der Waals surface area contributed by atoms with Crippen LogP contribution in [-0.4, -0.2) is 50.9 Å². The minimum atomic E-state index is -1.96. The SMILES string of the molecule is COC1(OC)[C@@]2(Br)C[C@@H]3C(C)(C)O[C@](O)(C2=O)[C@@]31Br. The van der Waals surface area contributed by atoms with Gasteiger partial charge in [0, 0.05) is 20.1 Å². The first-order valence-electron chi connectivity index (χ1n) is 6.03. The molecule has 3 fully saturated rings. The number of hydrogen-bond donors (Lipinski definition) is 1. The molecule has 1 aliphatic heterocycles. The van der Waals surface area contributed by atoms with Gasteiger partial charge in [0.2, 0.25) is 17.4 Å². The fraction of sp³-hybridized carbons (Fsp3) is 0.917. The molecule has 19 heavy (non-hydrogen) atoms. The van der Waals surface area contributed by atoms with Crippen LogP contribution in [0.2, 0.25) is 0 Å². The van der Waals surface area contributed by atoms with E-state index in [9.17, 15) is 9.90 Å². The maximum absolute atomic E-state index is 12.7. The van der Waals surface area contributed by atoms with Crippen LogP contribution in [0.25, 0.3) is 0 Å². The van der Waals surface area contributed by atoms with Gasteiger partial charge in [-0.1, -0.05) is 31.9 Å². The normalized spacial score (nSPS) is 53.0. The Morgan fingerprint density at radius 1 is 1.32 bits per heavy atom. The third kappa shape index (κ3) is 1.07. The number of Topliss-reactive ketones (excluding diaryl/α,β-unsaturated/α-hetero) is 1. The van der Waals surface area contributed by atoms with Gasteiger partial charge < -0.3 is 19.3 Å². The highest BCUT2D eigenvalue weighted by Gasteiger charge is 2.95. The molecule has 0 spiro atoms. The largest absolute Gasteiger partial charge is 0.358 e. The maximum atomic E-state index is 12.7. The molecule has 0 radical (unpaired) electrons. The van der Waals surface area contributed by atoms with Gasteiger partial charge in [-0.2, -0.15) is 0 Å². The van der Waals surface area contributed by atoms with Crippen molar-refractivity contribution in [3.05, 3.63) is 0 Å². The van der Waals surface area contributed by atoms with Crippen LogP contribution in [0.3, 0.4) is 0 Å². The van der Waals surface area contributed by atoms with Gasteiger partial charge in [0.15, 0.2) is 0 Å². The van der Waals surface area contributed by atoms with E-state index >= 15 is 0 Å². The molecule has 0 unspecified atom stereocenters. The molecule has 0 aromatic heterocycles. The van der Waals surface area contributed by atoms with Crippen LogP contribution < -0.4 is 0 Å². The van der Waals surface area contributed by atoms with Crippen LogP contribution in [0.5, 0.6) is 0 Å². The molecular formula is C12H16Br2O5.